The fraction of sp³-hybridized carbons (Fsp3) is 0.667. The van der Waals surface area contributed by atoms with E-state index in [4.69, 9.17) is 0 Å². The summed E-state index contributed by atoms with van der Waals surface area (Å²) in [6, 6.07) is 6.96. The topological polar surface area (TPSA) is 66.5 Å². The number of piperidine rings is 1. The highest BCUT2D eigenvalue weighted by atomic mass is 32.2. The summed E-state index contributed by atoms with van der Waals surface area (Å²) in [7, 11) is -3.38. The van der Waals surface area contributed by atoms with Crippen molar-refractivity contribution >= 4 is 15.9 Å². The molecule has 1 amide bonds. The molecule has 3 fully saturated rings. The van der Waals surface area contributed by atoms with Crippen LogP contribution in [0.2, 0.25) is 0 Å². The van der Waals surface area contributed by atoms with E-state index >= 15 is 0 Å². The molecule has 1 heterocycles. The summed E-state index contributed by atoms with van der Waals surface area (Å²) in [4.78, 5) is 12.6. The van der Waals surface area contributed by atoms with E-state index in [-0.39, 0.29) is 5.91 Å². The number of carbonyl (C=O) groups is 1. The normalized spacial score (nSPS) is 28.4. The first-order valence-corrected chi connectivity index (χ1v) is 11.8. The summed E-state index contributed by atoms with van der Waals surface area (Å²) in [6.45, 7) is 1.69. The number of nitrogens with zero attached hydrogens (tertiary/aromatic N) is 1. The quantitative estimate of drug-likeness (QED) is 0.810. The van der Waals surface area contributed by atoms with Crippen LogP contribution in [0.3, 0.4) is 0 Å². The predicted molar refractivity (Wildman–Crippen MR) is 104 cm³/mol. The van der Waals surface area contributed by atoms with Gasteiger partial charge in [0.1, 0.15) is 0 Å². The molecule has 5 nitrogen and oxygen atoms in total. The number of sulfonamides is 1. The lowest BCUT2D eigenvalue weighted by Crippen LogP contribution is -2.35. The van der Waals surface area contributed by atoms with Gasteiger partial charge in [0.15, 0.2) is 0 Å². The van der Waals surface area contributed by atoms with Gasteiger partial charge in [-0.1, -0.05) is 25.0 Å². The van der Waals surface area contributed by atoms with Gasteiger partial charge in [0.05, 0.1) is 4.90 Å². The number of hydrogen-bond donors (Lipinski definition) is 1. The lowest BCUT2D eigenvalue weighted by atomic mass is 9.86. The molecular weight excluding hydrogens is 360 g/mol. The first-order valence-electron chi connectivity index (χ1n) is 10.4. The van der Waals surface area contributed by atoms with Crippen LogP contribution in [0, 0.1) is 17.8 Å². The second kappa shape index (κ2) is 7.92. The number of amides is 1. The van der Waals surface area contributed by atoms with Crippen molar-refractivity contribution in [2.75, 3.05) is 13.1 Å². The van der Waals surface area contributed by atoms with Crippen molar-refractivity contribution < 1.29 is 13.2 Å². The maximum atomic E-state index is 12.7. The fourth-order valence-electron chi connectivity index (χ4n) is 5.17. The smallest absolute Gasteiger partial charge is 0.243 e. The molecule has 2 aliphatic carbocycles. The second-order valence-corrected chi connectivity index (χ2v) is 10.5. The molecule has 0 radical (unpaired) electrons. The van der Waals surface area contributed by atoms with Crippen molar-refractivity contribution in [3.8, 4) is 0 Å². The largest absolute Gasteiger partial charge is 0.352 e. The van der Waals surface area contributed by atoms with Crippen molar-refractivity contribution in [1.29, 1.82) is 0 Å². The molecular formula is C21H30N2O3S. The van der Waals surface area contributed by atoms with Crippen molar-refractivity contribution in [1.82, 2.24) is 9.62 Å². The lowest BCUT2D eigenvalue weighted by Gasteiger charge is -2.25. The monoisotopic (exact) mass is 390 g/mol. The Morgan fingerprint density at radius 2 is 1.78 bits per heavy atom. The highest BCUT2D eigenvalue weighted by Gasteiger charge is 2.40. The Kier molecular flexibility index (Phi) is 5.55. The summed E-state index contributed by atoms with van der Waals surface area (Å²) in [5.74, 6) is 2.32. The third-order valence-electron chi connectivity index (χ3n) is 6.70. The van der Waals surface area contributed by atoms with Gasteiger partial charge in [-0.15, -0.1) is 0 Å². The third kappa shape index (κ3) is 4.21. The minimum atomic E-state index is -3.38. The molecule has 148 valence electrons. The van der Waals surface area contributed by atoms with Gasteiger partial charge in [0, 0.05) is 26.1 Å². The molecule has 3 aliphatic rings. The Morgan fingerprint density at radius 1 is 1.04 bits per heavy atom. The fourth-order valence-corrected chi connectivity index (χ4v) is 6.69. The molecule has 1 aliphatic heterocycles. The first-order chi connectivity index (χ1) is 13.0. The van der Waals surface area contributed by atoms with Crippen molar-refractivity contribution in [3.63, 3.8) is 0 Å². The van der Waals surface area contributed by atoms with Gasteiger partial charge in [-0.05, 0) is 67.6 Å². The van der Waals surface area contributed by atoms with E-state index in [0.717, 1.165) is 36.7 Å². The molecule has 6 heteroatoms. The van der Waals surface area contributed by atoms with E-state index < -0.39 is 10.0 Å². The lowest BCUT2D eigenvalue weighted by molar-refractivity contribution is -0.122. The van der Waals surface area contributed by atoms with E-state index in [1.54, 1.807) is 16.4 Å². The van der Waals surface area contributed by atoms with Gasteiger partial charge < -0.3 is 5.32 Å². The molecule has 2 bridgehead atoms. The van der Waals surface area contributed by atoms with Crippen LogP contribution in [0.25, 0.3) is 0 Å². The molecule has 1 saturated heterocycles. The van der Waals surface area contributed by atoms with E-state index in [1.165, 1.54) is 25.7 Å². The summed E-state index contributed by atoms with van der Waals surface area (Å²) in [5.41, 5.74) is 0.939. The molecule has 4 rings (SSSR count). The SMILES string of the molecule is O=C(CC1CC2CCC1C2)NCc1ccc(S(=O)(=O)N2CCCCC2)cc1. The van der Waals surface area contributed by atoms with Crippen molar-refractivity contribution in [2.45, 2.75) is 62.8 Å². The zero-order chi connectivity index (χ0) is 18.9. The third-order valence-corrected chi connectivity index (χ3v) is 8.61. The summed E-state index contributed by atoms with van der Waals surface area (Å²) >= 11 is 0. The average Bonchev–Trinajstić information content (AvgIpc) is 3.30. The number of fused-ring (bicyclic) bond motifs is 2. The number of hydrogen-bond acceptors (Lipinski definition) is 3. The maximum Gasteiger partial charge on any atom is 0.243 e. The van der Waals surface area contributed by atoms with E-state index in [9.17, 15) is 13.2 Å². The standard InChI is InChI=1S/C21H30N2O3S/c24-21(14-19-13-17-4-7-18(19)12-17)22-15-16-5-8-20(9-6-16)27(25,26)23-10-2-1-3-11-23/h5-6,8-9,17-19H,1-4,7,10-15H2,(H,22,24). The molecule has 3 atom stereocenters. The molecule has 0 spiro atoms. The Morgan fingerprint density at radius 3 is 2.41 bits per heavy atom. The molecule has 2 saturated carbocycles. The van der Waals surface area contributed by atoms with Crippen LogP contribution >= 0.6 is 0 Å². The van der Waals surface area contributed by atoms with Crippen LogP contribution in [-0.2, 0) is 21.4 Å². The van der Waals surface area contributed by atoms with Gasteiger partial charge in [0.25, 0.3) is 0 Å². The van der Waals surface area contributed by atoms with Crippen LogP contribution < -0.4 is 5.32 Å². The van der Waals surface area contributed by atoms with Gasteiger partial charge in [-0.2, -0.15) is 4.31 Å². The predicted octanol–water partition coefficient (Wildman–Crippen LogP) is 3.30. The van der Waals surface area contributed by atoms with Crippen LogP contribution in [0.4, 0.5) is 0 Å². The number of rotatable bonds is 6. The second-order valence-electron chi connectivity index (χ2n) is 8.52. The Labute approximate surface area is 162 Å². The highest BCUT2D eigenvalue weighted by Crippen LogP contribution is 2.49. The molecule has 1 aromatic carbocycles. The number of nitrogens with one attached hydrogen (secondary N) is 1. The van der Waals surface area contributed by atoms with Gasteiger partial charge in [-0.25, -0.2) is 8.42 Å². The average molecular weight is 391 g/mol. The summed E-state index contributed by atoms with van der Waals surface area (Å²) in [6.07, 6.45) is 8.82. The molecule has 1 aromatic rings. The van der Waals surface area contributed by atoms with Crippen molar-refractivity contribution in [3.05, 3.63) is 29.8 Å². The van der Waals surface area contributed by atoms with Gasteiger partial charge >= 0.3 is 0 Å². The maximum absolute atomic E-state index is 12.7. The molecule has 27 heavy (non-hydrogen) atoms. The van der Waals surface area contributed by atoms with E-state index in [0.29, 0.717) is 36.9 Å². The number of benzene rings is 1. The van der Waals surface area contributed by atoms with Gasteiger partial charge in [0.2, 0.25) is 15.9 Å². The highest BCUT2D eigenvalue weighted by molar-refractivity contribution is 7.89. The molecule has 0 aromatic heterocycles. The number of carbonyl (C=O) groups excluding carboxylic acids is 1. The Hall–Kier alpha value is -1.40. The van der Waals surface area contributed by atoms with Crippen LogP contribution in [0.15, 0.2) is 29.2 Å². The Bertz CT molecular complexity index is 769. The van der Waals surface area contributed by atoms with E-state index in [1.807, 2.05) is 12.1 Å². The van der Waals surface area contributed by atoms with Crippen molar-refractivity contribution in [2.24, 2.45) is 17.8 Å². The van der Waals surface area contributed by atoms with Crippen LogP contribution in [0.1, 0.15) is 56.9 Å². The zero-order valence-electron chi connectivity index (χ0n) is 15.9. The van der Waals surface area contributed by atoms with Crippen LogP contribution in [-0.4, -0.2) is 31.7 Å². The van der Waals surface area contributed by atoms with Crippen LogP contribution in [0.5, 0.6) is 0 Å². The molecule has 1 N–H and O–H groups in total. The zero-order valence-corrected chi connectivity index (χ0v) is 16.7. The molecule has 3 unspecified atom stereocenters. The minimum absolute atomic E-state index is 0.123. The first kappa shape index (κ1) is 18.9. The summed E-state index contributed by atoms with van der Waals surface area (Å²) < 4.78 is 26.9. The van der Waals surface area contributed by atoms with Gasteiger partial charge in [-0.3, -0.25) is 4.79 Å². The Balaban J connectivity index is 1.29. The van der Waals surface area contributed by atoms with E-state index in [2.05, 4.69) is 5.32 Å². The minimum Gasteiger partial charge on any atom is -0.352 e. The summed E-state index contributed by atoms with van der Waals surface area (Å²) in [5, 5.41) is 3.01.